The van der Waals surface area contributed by atoms with Crippen LogP contribution in [0.25, 0.3) is 0 Å². The topological polar surface area (TPSA) is 87.7 Å². The van der Waals surface area contributed by atoms with Gasteiger partial charge < -0.3 is 20.3 Å². The van der Waals surface area contributed by atoms with Crippen molar-refractivity contribution in [3.05, 3.63) is 34.9 Å². The van der Waals surface area contributed by atoms with E-state index in [1.807, 2.05) is 45.2 Å². The molecule has 7 nitrogen and oxygen atoms in total. The minimum Gasteiger partial charge on any atom is -0.444 e. The highest BCUT2D eigenvalue weighted by molar-refractivity contribution is 7.98. The first-order chi connectivity index (χ1) is 15.9. The molecule has 0 heterocycles. The second kappa shape index (κ2) is 14.2. The van der Waals surface area contributed by atoms with Gasteiger partial charge in [0.2, 0.25) is 11.8 Å². The molecule has 0 aliphatic heterocycles. The Morgan fingerprint density at radius 3 is 2.38 bits per heavy atom. The van der Waals surface area contributed by atoms with Crippen LogP contribution in [0.2, 0.25) is 0 Å². The average molecular weight is 494 g/mol. The Morgan fingerprint density at radius 2 is 1.82 bits per heavy atom. The fraction of sp³-hybridized carbons (Fsp3) is 0.654. The number of ether oxygens (including phenoxy) is 1. The largest absolute Gasteiger partial charge is 0.444 e. The molecule has 2 unspecified atom stereocenters. The smallest absolute Gasteiger partial charge is 0.408 e. The molecule has 3 amide bonds. The van der Waals surface area contributed by atoms with E-state index in [4.69, 9.17) is 4.74 Å². The Labute approximate surface area is 209 Å². The van der Waals surface area contributed by atoms with Crippen LogP contribution in [0.4, 0.5) is 4.79 Å². The molecule has 0 fully saturated rings. The number of carbonyl (C=O) groups is 3. The number of hydrogen-bond donors (Lipinski definition) is 2. The van der Waals surface area contributed by atoms with Crippen molar-refractivity contribution in [2.75, 3.05) is 25.1 Å². The van der Waals surface area contributed by atoms with Crippen LogP contribution in [0, 0.1) is 13.8 Å². The SMILES string of the molecule is CCCCNC(=O)C(c1cc(C)ccc1C)N(CC)C(=O)C(CCSC)NC(=O)OC(C)(C)C. The van der Waals surface area contributed by atoms with Crippen LogP contribution >= 0.6 is 11.8 Å². The van der Waals surface area contributed by atoms with Crippen LogP contribution in [0.5, 0.6) is 0 Å². The fourth-order valence-corrected chi connectivity index (χ4v) is 4.07. The highest BCUT2D eigenvalue weighted by atomic mass is 32.2. The van der Waals surface area contributed by atoms with Crippen molar-refractivity contribution >= 4 is 29.7 Å². The van der Waals surface area contributed by atoms with Crippen LogP contribution in [0.1, 0.15) is 76.6 Å². The van der Waals surface area contributed by atoms with E-state index in [1.54, 1.807) is 37.4 Å². The van der Waals surface area contributed by atoms with Gasteiger partial charge in [-0.25, -0.2) is 4.79 Å². The van der Waals surface area contributed by atoms with Gasteiger partial charge in [0.15, 0.2) is 0 Å². The Balaban J connectivity index is 3.35. The van der Waals surface area contributed by atoms with Crippen LogP contribution in [0.15, 0.2) is 18.2 Å². The fourth-order valence-electron chi connectivity index (χ4n) is 3.60. The lowest BCUT2D eigenvalue weighted by atomic mass is 9.96. The van der Waals surface area contributed by atoms with Gasteiger partial charge in [0.25, 0.3) is 0 Å². The number of alkyl carbamates (subject to hydrolysis) is 1. The molecule has 0 aromatic heterocycles. The third-order valence-electron chi connectivity index (χ3n) is 5.34. The summed E-state index contributed by atoms with van der Waals surface area (Å²) < 4.78 is 5.40. The highest BCUT2D eigenvalue weighted by Gasteiger charge is 2.35. The first-order valence-corrected chi connectivity index (χ1v) is 13.5. The van der Waals surface area contributed by atoms with E-state index >= 15 is 0 Å². The van der Waals surface area contributed by atoms with Crippen molar-refractivity contribution in [3.8, 4) is 0 Å². The van der Waals surface area contributed by atoms with Crippen LogP contribution in [0.3, 0.4) is 0 Å². The summed E-state index contributed by atoms with van der Waals surface area (Å²) >= 11 is 1.59. The molecule has 8 heteroatoms. The number of nitrogens with one attached hydrogen (secondary N) is 2. The monoisotopic (exact) mass is 493 g/mol. The number of benzene rings is 1. The maximum Gasteiger partial charge on any atom is 0.408 e. The van der Waals surface area contributed by atoms with Crippen LogP contribution < -0.4 is 10.6 Å². The van der Waals surface area contributed by atoms with Crippen molar-refractivity contribution in [2.24, 2.45) is 0 Å². The van der Waals surface area contributed by atoms with Crippen molar-refractivity contribution in [2.45, 2.75) is 85.4 Å². The van der Waals surface area contributed by atoms with Gasteiger partial charge in [-0.1, -0.05) is 37.1 Å². The Morgan fingerprint density at radius 1 is 1.15 bits per heavy atom. The van der Waals surface area contributed by atoms with Gasteiger partial charge in [0, 0.05) is 13.1 Å². The van der Waals surface area contributed by atoms with Crippen molar-refractivity contribution < 1.29 is 19.1 Å². The van der Waals surface area contributed by atoms with Crippen LogP contribution in [-0.2, 0) is 14.3 Å². The lowest BCUT2D eigenvalue weighted by Crippen LogP contribution is -2.53. The summed E-state index contributed by atoms with van der Waals surface area (Å²) in [6.45, 7) is 14.0. The summed E-state index contributed by atoms with van der Waals surface area (Å²) in [5.41, 5.74) is 2.07. The van der Waals surface area contributed by atoms with E-state index in [2.05, 4.69) is 17.6 Å². The van der Waals surface area contributed by atoms with Gasteiger partial charge in [-0.3, -0.25) is 9.59 Å². The lowest BCUT2D eigenvalue weighted by molar-refractivity contribution is -0.142. The molecule has 1 aromatic carbocycles. The summed E-state index contributed by atoms with van der Waals surface area (Å²) in [6, 6.07) is 4.35. The molecule has 34 heavy (non-hydrogen) atoms. The summed E-state index contributed by atoms with van der Waals surface area (Å²) in [7, 11) is 0. The number of unbranched alkanes of at least 4 members (excludes halogenated alkanes) is 1. The van der Waals surface area contributed by atoms with E-state index in [9.17, 15) is 14.4 Å². The summed E-state index contributed by atoms with van der Waals surface area (Å²) in [5.74, 6) is 0.179. The van der Waals surface area contributed by atoms with E-state index in [-0.39, 0.29) is 11.8 Å². The second-order valence-electron chi connectivity index (χ2n) is 9.51. The quantitative estimate of drug-likeness (QED) is 0.410. The predicted molar refractivity (Wildman–Crippen MR) is 140 cm³/mol. The average Bonchev–Trinajstić information content (AvgIpc) is 2.75. The van der Waals surface area contributed by atoms with Gasteiger partial charge in [0.1, 0.15) is 17.7 Å². The minimum absolute atomic E-state index is 0.210. The van der Waals surface area contributed by atoms with E-state index in [1.165, 1.54) is 0 Å². The maximum atomic E-state index is 13.8. The van der Waals surface area contributed by atoms with E-state index in [0.717, 1.165) is 29.5 Å². The number of nitrogens with zero attached hydrogens (tertiary/aromatic N) is 1. The number of likely N-dealkylation sites (N-methyl/N-ethyl adjacent to an activating group) is 1. The van der Waals surface area contributed by atoms with Crippen molar-refractivity contribution in [1.29, 1.82) is 0 Å². The van der Waals surface area contributed by atoms with E-state index < -0.39 is 23.8 Å². The Bertz CT molecular complexity index is 823. The molecule has 0 spiro atoms. The Hall–Kier alpha value is -2.22. The molecule has 2 N–H and O–H groups in total. The third-order valence-corrected chi connectivity index (χ3v) is 5.99. The molecule has 2 atom stereocenters. The standard InChI is InChI=1S/C26H43N3O4S/c1-9-11-15-27-23(30)22(20-17-18(3)12-13-19(20)4)29(10-2)24(31)21(14-16-34-8)28-25(32)33-26(5,6)7/h12-13,17,21-22H,9-11,14-16H2,1-8H3,(H,27,30)(H,28,32). The highest BCUT2D eigenvalue weighted by Crippen LogP contribution is 2.27. The summed E-state index contributed by atoms with van der Waals surface area (Å²) in [5, 5.41) is 5.75. The second-order valence-corrected chi connectivity index (χ2v) is 10.5. The minimum atomic E-state index is -0.793. The summed E-state index contributed by atoms with van der Waals surface area (Å²) in [6.07, 6.45) is 3.57. The van der Waals surface area contributed by atoms with E-state index in [0.29, 0.717) is 25.3 Å². The zero-order valence-corrected chi connectivity index (χ0v) is 22.9. The van der Waals surface area contributed by atoms with Gasteiger partial charge in [0.05, 0.1) is 0 Å². The molecule has 0 aliphatic rings. The van der Waals surface area contributed by atoms with Crippen molar-refractivity contribution in [1.82, 2.24) is 15.5 Å². The number of rotatable bonds is 12. The molecule has 0 saturated heterocycles. The van der Waals surface area contributed by atoms with Crippen molar-refractivity contribution in [3.63, 3.8) is 0 Å². The zero-order chi connectivity index (χ0) is 25.9. The molecule has 0 aliphatic carbocycles. The van der Waals surface area contributed by atoms with Gasteiger partial charge in [-0.2, -0.15) is 11.8 Å². The third kappa shape index (κ3) is 9.57. The molecular formula is C26H43N3O4S. The molecular weight excluding hydrogens is 450 g/mol. The van der Waals surface area contributed by atoms with Gasteiger partial charge in [-0.05, 0) is 77.5 Å². The molecule has 0 radical (unpaired) electrons. The van der Waals surface area contributed by atoms with Crippen LogP contribution in [-0.4, -0.2) is 59.5 Å². The summed E-state index contributed by atoms with van der Waals surface area (Å²) in [4.78, 5) is 41.3. The number of hydrogen-bond acceptors (Lipinski definition) is 5. The molecule has 192 valence electrons. The predicted octanol–water partition coefficient (Wildman–Crippen LogP) is 4.76. The van der Waals surface area contributed by atoms with Gasteiger partial charge in [-0.15, -0.1) is 0 Å². The first kappa shape index (κ1) is 29.8. The van der Waals surface area contributed by atoms with Gasteiger partial charge >= 0.3 is 6.09 Å². The molecule has 1 aromatic rings. The molecule has 1 rings (SSSR count). The number of amides is 3. The normalized spacial score (nSPS) is 13.1. The number of aryl methyl sites for hydroxylation is 2. The maximum absolute atomic E-state index is 13.8. The zero-order valence-electron chi connectivity index (χ0n) is 22.1. The molecule has 0 saturated carbocycles. The number of thioether (sulfide) groups is 1. The lowest BCUT2D eigenvalue weighted by Gasteiger charge is -2.34. The molecule has 0 bridgehead atoms. The first-order valence-electron chi connectivity index (χ1n) is 12.1. The number of carbonyl (C=O) groups excluding carboxylic acids is 3. The Kier molecular flexibility index (Phi) is 12.5.